The number of ether oxygens (including phenoxy) is 1. The Hall–Kier alpha value is -2.07. The lowest BCUT2D eigenvalue weighted by Gasteiger charge is -2.11. The summed E-state index contributed by atoms with van der Waals surface area (Å²) in [7, 11) is 0. The van der Waals surface area contributed by atoms with Gasteiger partial charge in [0.25, 0.3) is 0 Å². The van der Waals surface area contributed by atoms with E-state index in [1.165, 1.54) is 6.08 Å². The molecule has 1 N–H and O–H groups in total. The summed E-state index contributed by atoms with van der Waals surface area (Å²) >= 11 is 3.40. The molecule has 0 saturated carbocycles. The number of halogens is 1. The largest absolute Gasteiger partial charge is 0.463 e. The number of carbonyl (C=O) groups excluding carboxylic acids is 1. The Labute approximate surface area is 132 Å². The average molecular weight is 346 g/mol. The normalized spacial score (nSPS) is 11.0. The number of rotatable bonds is 5. The van der Waals surface area contributed by atoms with Gasteiger partial charge in [-0.2, -0.15) is 0 Å². The molecule has 0 saturated heterocycles. The van der Waals surface area contributed by atoms with Crippen LogP contribution in [0.15, 0.2) is 65.1 Å². The SMILES string of the molecule is CCOC(=O)/C=C(\Nc1ccc(Br)cc1)c1ccccc1. The van der Waals surface area contributed by atoms with Crippen molar-refractivity contribution in [2.45, 2.75) is 6.92 Å². The summed E-state index contributed by atoms with van der Waals surface area (Å²) in [6, 6.07) is 17.4. The van der Waals surface area contributed by atoms with E-state index in [1.54, 1.807) is 6.92 Å². The fourth-order valence-electron chi connectivity index (χ4n) is 1.80. The van der Waals surface area contributed by atoms with E-state index in [-0.39, 0.29) is 5.97 Å². The molecule has 4 heteroatoms. The minimum atomic E-state index is -0.360. The van der Waals surface area contributed by atoms with Crippen molar-refractivity contribution in [3.05, 3.63) is 70.7 Å². The number of hydrogen-bond acceptors (Lipinski definition) is 3. The molecule has 0 radical (unpaired) electrons. The predicted octanol–water partition coefficient (Wildman–Crippen LogP) is 4.47. The molecule has 0 fully saturated rings. The number of nitrogens with one attached hydrogen (secondary N) is 1. The predicted molar refractivity (Wildman–Crippen MR) is 88.8 cm³/mol. The van der Waals surface area contributed by atoms with Crippen molar-refractivity contribution in [3.8, 4) is 0 Å². The van der Waals surface area contributed by atoms with Gasteiger partial charge in [-0.3, -0.25) is 0 Å². The fraction of sp³-hybridized carbons (Fsp3) is 0.118. The van der Waals surface area contributed by atoms with Crippen molar-refractivity contribution in [2.75, 3.05) is 11.9 Å². The van der Waals surface area contributed by atoms with E-state index in [0.29, 0.717) is 12.3 Å². The Bertz CT molecular complexity index is 621. The molecule has 0 heterocycles. The van der Waals surface area contributed by atoms with E-state index < -0.39 is 0 Å². The lowest BCUT2D eigenvalue weighted by atomic mass is 10.1. The lowest BCUT2D eigenvalue weighted by Crippen LogP contribution is -2.05. The van der Waals surface area contributed by atoms with E-state index in [9.17, 15) is 4.79 Å². The van der Waals surface area contributed by atoms with Gasteiger partial charge >= 0.3 is 5.97 Å². The molecule has 0 unspecified atom stereocenters. The minimum Gasteiger partial charge on any atom is -0.463 e. The second-order valence-corrected chi connectivity index (χ2v) is 5.22. The molecule has 3 nitrogen and oxygen atoms in total. The molecule has 0 atom stereocenters. The summed E-state index contributed by atoms with van der Waals surface area (Å²) in [5, 5.41) is 3.25. The van der Waals surface area contributed by atoms with Crippen LogP contribution in [-0.4, -0.2) is 12.6 Å². The molecule has 2 rings (SSSR count). The highest BCUT2D eigenvalue weighted by Crippen LogP contribution is 2.20. The summed E-state index contributed by atoms with van der Waals surface area (Å²) in [6.45, 7) is 2.14. The van der Waals surface area contributed by atoms with Crippen LogP contribution < -0.4 is 5.32 Å². The topological polar surface area (TPSA) is 38.3 Å². The third-order valence-corrected chi connectivity index (χ3v) is 3.29. The molecule has 0 aromatic heterocycles. The van der Waals surface area contributed by atoms with Crippen LogP contribution in [0, 0.1) is 0 Å². The lowest BCUT2D eigenvalue weighted by molar-refractivity contribution is -0.137. The van der Waals surface area contributed by atoms with Gasteiger partial charge in [0.15, 0.2) is 0 Å². The zero-order valence-electron chi connectivity index (χ0n) is 11.7. The highest BCUT2D eigenvalue weighted by atomic mass is 79.9. The van der Waals surface area contributed by atoms with Crippen LogP contribution in [0.2, 0.25) is 0 Å². The third-order valence-electron chi connectivity index (χ3n) is 2.76. The summed E-state index contributed by atoms with van der Waals surface area (Å²) in [6.07, 6.45) is 1.47. The van der Waals surface area contributed by atoms with Crippen molar-refractivity contribution < 1.29 is 9.53 Å². The molecular weight excluding hydrogens is 330 g/mol. The van der Waals surface area contributed by atoms with Gasteiger partial charge in [0, 0.05) is 16.2 Å². The van der Waals surface area contributed by atoms with Crippen LogP contribution in [0.1, 0.15) is 12.5 Å². The molecule has 21 heavy (non-hydrogen) atoms. The Morgan fingerprint density at radius 1 is 1.14 bits per heavy atom. The van der Waals surface area contributed by atoms with Crippen LogP contribution in [0.4, 0.5) is 5.69 Å². The maximum atomic E-state index is 11.7. The molecular formula is C17H16BrNO2. The second kappa shape index (κ2) is 7.64. The van der Waals surface area contributed by atoms with E-state index in [0.717, 1.165) is 15.7 Å². The van der Waals surface area contributed by atoms with Gasteiger partial charge in [-0.25, -0.2) is 4.79 Å². The molecule has 0 aliphatic rings. The molecule has 2 aromatic carbocycles. The van der Waals surface area contributed by atoms with Crippen molar-refractivity contribution in [2.24, 2.45) is 0 Å². The molecule has 108 valence electrons. The number of anilines is 1. The summed E-state index contributed by atoms with van der Waals surface area (Å²) < 4.78 is 5.99. The first-order valence-corrected chi connectivity index (χ1v) is 7.45. The van der Waals surface area contributed by atoms with Crippen molar-refractivity contribution in [3.63, 3.8) is 0 Å². The maximum Gasteiger partial charge on any atom is 0.332 e. The number of hydrogen-bond donors (Lipinski definition) is 1. The van der Waals surface area contributed by atoms with Gasteiger partial charge in [-0.1, -0.05) is 46.3 Å². The summed E-state index contributed by atoms with van der Waals surface area (Å²) in [5.41, 5.74) is 2.53. The van der Waals surface area contributed by atoms with E-state index in [4.69, 9.17) is 4.74 Å². The van der Waals surface area contributed by atoms with Gasteiger partial charge in [0.05, 0.1) is 12.3 Å². The minimum absolute atomic E-state index is 0.357. The van der Waals surface area contributed by atoms with E-state index in [1.807, 2.05) is 54.6 Å². The van der Waals surface area contributed by atoms with Gasteiger partial charge in [-0.05, 0) is 36.8 Å². The smallest absolute Gasteiger partial charge is 0.332 e. The van der Waals surface area contributed by atoms with Gasteiger partial charge in [-0.15, -0.1) is 0 Å². The summed E-state index contributed by atoms with van der Waals surface area (Å²) in [4.78, 5) is 11.7. The number of carbonyl (C=O) groups is 1. The Balaban J connectivity index is 2.28. The number of benzene rings is 2. The van der Waals surface area contributed by atoms with E-state index in [2.05, 4.69) is 21.2 Å². The van der Waals surface area contributed by atoms with Crippen LogP contribution in [0.25, 0.3) is 5.70 Å². The van der Waals surface area contributed by atoms with Gasteiger partial charge in [0.2, 0.25) is 0 Å². The first-order chi connectivity index (χ1) is 10.2. The first kappa shape index (κ1) is 15.3. The average Bonchev–Trinajstić information content (AvgIpc) is 2.50. The molecule has 0 amide bonds. The van der Waals surface area contributed by atoms with Gasteiger partial charge in [0.1, 0.15) is 0 Å². The third kappa shape index (κ3) is 4.76. The Kier molecular flexibility index (Phi) is 5.58. The van der Waals surface area contributed by atoms with Crippen LogP contribution in [0.5, 0.6) is 0 Å². The maximum absolute atomic E-state index is 11.7. The molecule has 0 aliphatic heterocycles. The molecule has 0 spiro atoms. The highest BCUT2D eigenvalue weighted by Gasteiger charge is 2.06. The van der Waals surface area contributed by atoms with Crippen LogP contribution in [-0.2, 0) is 9.53 Å². The highest BCUT2D eigenvalue weighted by molar-refractivity contribution is 9.10. The van der Waals surface area contributed by atoms with Gasteiger partial charge < -0.3 is 10.1 Å². The number of esters is 1. The monoisotopic (exact) mass is 345 g/mol. The van der Waals surface area contributed by atoms with Crippen molar-refractivity contribution >= 4 is 33.3 Å². The Morgan fingerprint density at radius 2 is 1.81 bits per heavy atom. The fourth-order valence-corrected chi connectivity index (χ4v) is 2.06. The molecule has 2 aromatic rings. The molecule has 0 bridgehead atoms. The zero-order valence-corrected chi connectivity index (χ0v) is 13.3. The van der Waals surface area contributed by atoms with Crippen molar-refractivity contribution in [1.82, 2.24) is 0 Å². The van der Waals surface area contributed by atoms with Crippen LogP contribution >= 0.6 is 15.9 Å². The van der Waals surface area contributed by atoms with Crippen LogP contribution in [0.3, 0.4) is 0 Å². The van der Waals surface area contributed by atoms with Crippen molar-refractivity contribution in [1.29, 1.82) is 0 Å². The standard InChI is InChI=1S/C17H16BrNO2/c1-2-21-17(20)12-16(13-6-4-3-5-7-13)19-15-10-8-14(18)9-11-15/h3-12,19H,2H2,1H3/b16-12-. The summed E-state index contributed by atoms with van der Waals surface area (Å²) in [5.74, 6) is -0.360. The molecule has 0 aliphatic carbocycles. The first-order valence-electron chi connectivity index (χ1n) is 6.65. The quantitative estimate of drug-likeness (QED) is 0.641. The van der Waals surface area contributed by atoms with E-state index >= 15 is 0 Å². The zero-order chi connectivity index (χ0) is 15.1. The second-order valence-electron chi connectivity index (χ2n) is 4.31. The Morgan fingerprint density at radius 3 is 2.43 bits per heavy atom.